The van der Waals surface area contributed by atoms with Crippen molar-refractivity contribution in [1.82, 2.24) is 5.32 Å². The number of amides is 2. The molecule has 0 spiro atoms. The van der Waals surface area contributed by atoms with E-state index >= 15 is 0 Å². The third-order valence-corrected chi connectivity index (χ3v) is 4.50. The fourth-order valence-electron chi connectivity index (χ4n) is 3.29. The Balaban J connectivity index is 2.43. The van der Waals surface area contributed by atoms with E-state index < -0.39 is 0 Å². The van der Waals surface area contributed by atoms with Gasteiger partial charge in [-0.25, -0.2) is 0 Å². The molecule has 0 aromatic heterocycles. The number of imide groups is 1. The lowest BCUT2D eigenvalue weighted by atomic mass is 9.74. The van der Waals surface area contributed by atoms with Crippen LogP contribution in [-0.2, 0) is 9.59 Å². The first-order valence-corrected chi connectivity index (χ1v) is 7.71. The maximum absolute atomic E-state index is 12.3. The summed E-state index contributed by atoms with van der Waals surface area (Å²) < 4.78 is 0. The first-order valence-electron chi connectivity index (χ1n) is 7.71. The van der Waals surface area contributed by atoms with Gasteiger partial charge in [-0.1, -0.05) is 26.0 Å². The molecule has 2 atom stereocenters. The zero-order valence-corrected chi connectivity index (χ0v) is 13.6. The van der Waals surface area contributed by atoms with Crippen LogP contribution in [-0.4, -0.2) is 11.8 Å². The van der Waals surface area contributed by atoms with Crippen LogP contribution < -0.4 is 5.32 Å². The third kappa shape index (κ3) is 3.34. The largest absolute Gasteiger partial charge is 0.296 e. The van der Waals surface area contributed by atoms with Crippen LogP contribution in [0, 0.1) is 32.6 Å². The van der Waals surface area contributed by atoms with Crippen molar-refractivity contribution < 1.29 is 9.59 Å². The van der Waals surface area contributed by atoms with E-state index in [0.29, 0.717) is 12.3 Å². The predicted octanol–water partition coefficient (Wildman–Crippen LogP) is 3.40. The van der Waals surface area contributed by atoms with Gasteiger partial charge in [-0.3, -0.25) is 14.9 Å². The highest BCUT2D eigenvalue weighted by Gasteiger charge is 2.37. The number of carbonyl (C=O) groups excluding carboxylic acids is 2. The molecule has 2 rings (SSSR count). The summed E-state index contributed by atoms with van der Waals surface area (Å²) in [7, 11) is 0. The third-order valence-electron chi connectivity index (χ3n) is 4.50. The maximum atomic E-state index is 12.3. The first kappa shape index (κ1) is 15.7. The van der Waals surface area contributed by atoms with E-state index in [1.165, 1.54) is 16.7 Å². The van der Waals surface area contributed by atoms with Crippen LogP contribution in [0.15, 0.2) is 12.1 Å². The topological polar surface area (TPSA) is 46.2 Å². The van der Waals surface area contributed by atoms with Crippen molar-refractivity contribution in [2.45, 2.75) is 53.4 Å². The Hall–Kier alpha value is -1.64. The molecule has 21 heavy (non-hydrogen) atoms. The van der Waals surface area contributed by atoms with Crippen molar-refractivity contribution in [3.05, 3.63) is 34.4 Å². The van der Waals surface area contributed by atoms with E-state index in [9.17, 15) is 9.59 Å². The van der Waals surface area contributed by atoms with E-state index in [0.717, 1.165) is 12.0 Å². The lowest BCUT2D eigenvalue weighted by molar-refractivity contribution is -0.137. The van der Waals surface area contributed by atoms with Gasteiger partial charge < -0.3 is 0 Å². The number of rotatable bonds is 3. The second-order valence-electron chi connectivity index (χ2n) is 6.75. The summed E-state index contributed by atoms with van der Waals surface area (Å²) in [6.45, 7) is 10.5. The average molecular weight is 287 g/mol. The molecular formula is C18H25NO2. The number of carbonyl (C=O) groups is 2. The summed E-state index contributed by atoms with van der Waals surface area (Å²) in [5.74, 6) is 0.0740. The highest BCUT2D eigenvalue weighted by atomic mass is 16.2. The number of nitrogens with one attached hydrogen (secondary N) is 1. The molecule has 0 saturated carbocycles. The molecule has 1 aromatic rings. The smallest absolute Gasteiger partial charge is 0.230 e. The summed E-state index contributed by atoms with van der Waals surface area (Å²) in [6, 6.07) is 4.32. The summed E-state index contributed by atoms with van der Waals surface area (Å²) in [5, 5.41) is 2.50. The van der Waals surface area contributed by atoms with E-state index in [2.05, 4.69) is 52.1 Å². The van der Waals surface area contributed by atoms with E-state index in [1.54, 1.807) is 0 Å². The van der Waals surface area contributed by atoms with Crippen LogP contribution in [0.25, 0.3) is 0 Å². The lowest BCUT2D eigenvalue weighted by Gasteiger charge is -2.32. The number of hydrogen-bond acceptors (Lipinski definition) is 2. The van der Waals surface area contributed by atoms with Gasteiger partial charge in [0, 0.05) is 18.3 Å². The van der Waals surface area contributed by atoms with Gasteiger partial charge in [0.2, 0.25) is 11.8 Å². The Kier molecular flexibility index (Phi) is 4.50. The summed E-state index contributed by atoms with van der Waals surface area (Å²) in [4.78, 5) is 24.1. The Morgan fingerprint density at radius 2 is 1.71 bits per heavy atom. The van der Waals surface area contributed by atoms with Crippen LogP contribution in [0.5, 0.6) is 0 Å². The van der Waals surface area contributed by atoms with Gasteiger partial charge in [0.05, 0.1) is 0 Å². The molecule has 0 bridgehead atoms. The Labute approximate surface area is 127 Å². The minimum absolute atomic E-state index is 0.00736. The molecular weight excluding hydrogens is 262 g/mol. The quantitative estimate of drug-likeness (QED) is 0.866. The van der Waals surface area contributed by atoms with Gasteiger partial charge in [0.15, 0.2) is 0 Å². The van der Waals surface area contributed by atoms with Crippen molar-refractivity contribution in [1.29, 1.82) is 0 Å². The van der Waals surface area contributed by atoms with Gasteiger partial charge in [0.1, 0.15) is 0 Å². The second-order valence-corrected chi connectivity index (χ2v) is 6.75. The molecule has 3 heteroatoms. The molecule has 1 fully saturated rings. The highest BCUT2D eigenvalue weighted by molar-refractivity contribution is 5.99. The minimum Gasteiger partial charge on any atom is -0.296 e. The number of piperidine rings is 1. The molecule has 2 unspecified atom stereocenters. The fourth-order valence-corrected chi connectivity index (χ4v) is 3.29. The molecule has 2 amide bonds. The zero-order chi connectivity index (χ0) is 15.7. The molecule has 1 N–H and O–H groups in total. The number of hydrogen-bond donors (Lipinski definition) is 1. The number of aryl methyl sites for hydroxylation is 3. The monoisotopic (exact) mass is 287 g/mol. The normalized spacial score (nSPS) is 22.6. The Morgan fingerprint density at radius 3 is 2.33 bits per heavy atom. The lowest BCUT2D eigenvalue weighted by Crippen LogP contribution is -2.45. The molecule has 1 heterocycles. The van der Waals surface area contributed by atoms with Crippen molar-refractivity contribution in [3.8, 4) is 0 Å². The van der Waals surface area contributed by atoms with Gasteiger partial charge >= 0.3 is 0 Å². The van der Waals surface area contributed by atoms with Crippen LogP contribution in [0.3, 0.4) is 0 Å². The molecule has 3 nitrogen and oxygen atoms in total. The molecule has 0 aliphatic carbocycles. The van der Waals surface area contributed by atoms with Crippen LogP contribution >= 0.6 is 0 Å². The van der Waals surface area contributed by atoms with Gasteiger partial charge in [-0.2, -0.15) is 0 Å². The molecule has 1 aromatic carbocycles. The van der Waals surface area contributed by atoms with Gasteiger partial charge in [-0.05, 0) is 55.4 Å². The van der Waals surface area contributed by atoms with Crippen LogP contribution in [0.2, 0.25) is 0 Å². The van der Waals surface area contributed by atoms with Crippen molar-refractivity contribution in [2.24, 2.45) is 11.8 Å². The predicted molar refractivity (Wildman–Crippen MR) is 84.1 cm³/mol. The molecule has 1 aliphatic rings. The van der Waals surface area contributed by atoms with Gasteiger partial charge in [0.25, 0.3) is 0 Å². The Morgan fingerprint density at radius 1 is 1.10 bits per heavy atom. The molecule has 0 radical (unpaired) electrons. The van der Waals surface area contributed by atoms with Crippen molar-refractivity contribution in [2.75, 3.05) is 0 Å². The average Bonchev–Trinajstić information content (AvgIpc) is 2.36. The maximum Gasteiger partial charge on any atom is 0.230 e. The minimum atomic E-state index is -0.150. The van der Waals surface area contributed by atoms with E-state index in [-0.39, 0.29) is 23.7 Å². The standard InChI is InChI=1S/C18H25NO2/c1-10(2)6-16-15(9-17(20)19-18(16)21)14-8-12(4)11(3)7-13(14)5/h7-8,10,15-16H,6,9H2,1-5H3,(H,19,20,21). The summed E-state index contributed by atoms with van der Waals surface area (Å²) in [6.07, 6.45) is 1.22. The molecule has 114 valence electrons. The van der Waals surface area contributed by atoms with Crippen molar-refractivity contribution >= 4 is 11.8 Å². The highest BCUT2D eigenvalue weighted by Crippen LogP contribution is 2.37. The van der Waals surface area contributed by atoms with Crippen LogP contribution in [0.1, 0.15) is 54.9 Å². The zero-order valence-electron chi connectivity index (χ0n) is 13.6. The van der Waals surface area contributed by atoms with Gasteiger partial charge in [-0.15, -0.1) is 0 Å². The van der Waals surface area contributed by atoms with E-state index in [1.807, 2.05) is 0 Å². The summed E-state index contributed by atoms with van der Waals surface area (Å²) >= 11 is 0. The SMILES string of the molecule is Cc1cc(C)c(C2CC(=O)NC(=O)C2CC(C)C)cc1C. The first-order chi connectivity index (χ1) is 9.79. The second kappa shape index (κ2) is 6.00. The number of benzene rings is 1. The van der Waals surface area contributed by atoms with Crippen LogP contribution in [0.4, 0.5) is 0 Å². The van der Waals surface area contributed by atoms with E-state index in [4.69, 9.17) is 0 Å². The summed E-state index contributed by atoms with van der Waals surface area (Å²) in [5.41, 5.74) is 4.81. The Bertz CT molecular complexity index is 575. The van der Waals surface area contributed by atoms with Crippen molar-refractivity contribution in [3.63, 3.8) is 0 Å². The fraction of sp³-hybridized carbons (Fsp3) is 0.556. The molecule has 1 aliphatic heterocycles. The molecule has 1 saturated heterocycles.